The summed E-state index contributed by atoms with van der Waals surface area (Å²) in [6, 6.07) is 3.89. The van der Waals surface area contributed by atoms with Crippen molar-refractivity contribution < 1.29 is 13.5 Å². The van der Waals surface area contributed by atoms with Crippen molar-refractivity contribution in [1.29, 1.82) is 0 Å². The first-order valence-electron chi connectivity index (χ1n) is 6.79. The van der Waals surface area contributed by atoms with E-state index in [1.54, 1.807) is 13.1 Å². The largest absolute Gasteiger partial charge is 0.379 e. The lowest BCUT2D eigenvalue weighted by Crippen LogP contribution is -2.24. The summed E-state index contributed by atoms with van der Waals surface area (Å²) in [5.74, 6) is -1.14. The average Bonchev–Trinajstić information content (AvgIpc) is 2.39. The third-order valence-electron chi connectivity index (χ3n) is 3.17. The van der Waals surface area contributed by atoms with Crippen molar-refractivity contribution in [2.24, 2.45) is 5.92 Å². The van der Waals surface area contributed by atoms with Gasteiger partial charge in [-0.2, -0.15) is 0 Å². The van der Waals surface area contributed by atoms with Gasteiger partial charge in [0.15, 0.2) is 11.6 Å². The van der Waals surface area contributed by atoms with Crippen LogP contribution in [-0.4, -0.2) is 20.3 Å². The third-order valence-corrected chi connectivity index (χ3v) is 3.17. The van der Waals surface area contributed by atoms with E-state index in [-0.39, 0.29) is 6.04 Å². The fourth-order valence-electron chi connectivity index (χ4n) is 2.08. The Bertz CT molecular complexity index is 384. The Labute approximate surface area is 114 Å². The Balaban J connectivity index is 2.56. The molecule has 0 saturated carbocycles. The molecule has 1 rings (SSSR count). The van der Waals surface area contributed by atoms with Gasteiger partial charge in [-0.05, 0) is 25.5 Å². The van der Waals surface area contributed by atoms with Crippen LogP contribution < -0.4 is 5.32 Å². The zero-order valence-electron chi connectivity index (χ0n) is 11.9. The molecule has 0 amide bonds. The van der Waals surface area contributed by atoms with E-state index in [4.69, 9.17) is 4.74 Å². The number of ether oxygens (including phenoxy) is 1. The molecular weight excluding hydrogens is 248 g/mol. The van der Waals surface area contributed by atoms with Crippen LogP contribution in [0, 0.1) is 17.6 Å². The zero-order valence-corrected chi connectivity index (χ0v) is 11.9. The topological polar surface area (TPSA) is 21.3 Å². The summed E-state index contributed by atoms with van der Waals surface area (Å²) in [5.41, 5.74) is 0.311. The fraction of sp³-hybridized carbons (Fsp3) is 0.600. The van der Waals surface area contributed by atoms with E-state index in [1.807, 2.05) is 0 Å². The number of halogens is 2. The Hall–Kier alpha value is -1.00. The third kappa shape index (κ3) is 4.88. The number of hydrogen-bond donors (Lipinski definition) is 1. The molecule has 4 heteroatoms. The first-order chi connectivity index (χ1) is 9.10. The summed E-state index contributed by atoms with van der Waals surface area (Å²) >= 11 is 0. The molecular formula is C15H23F2NO. The highest BCUT2D eigenvalue weighted by Crippen LogP contribution is 2.19. The molecule has 0 radical (unpaired) electrons. The molecule has 2 nitrogen and oxygen atoms in total. The number of likely N-dealkylation sites (N-methyl/N-ethyl adjacent to an activating group) is 1. The van der Waals surface area contributed by atoms with E-state index < -0.39 is 11.6 Å². The summed E-state index contributed by atoms with van der Waals surface area (Å²) in [5, 5.41) is 2.96. The van der Waals surface area contributed by atoms with E-state index in [0.717, 1.165) is 18.9 Å². The molecule has 1 aromatic rings. The highest BCUT2D eigenvalue weighted by molar-refractivity contribution is 5.22. The standard InChI is InChI=1S/C15H23F2NO/c1-4-6-11(2)9-19-10-14(18-3)12-7-5-8-13(16)15(12)17/h5,7-8,11,14,18H,4,6,9-10H2,1-3H3. The van der Waals surface area contributed by atoms with Crippen molar-refractivity contribution >= 4 is 0 Å². The van der Waals surface area contributed by atoms with Crippen LogP contribution in [0.5, 0.6) is 0 Å². The van der Waals surface area contributed by atoms with Crippen molar-refractivity contribution in [2.75, 3.05) is 20.3 Å². The van der Waals surface area contributed by atoms with Gasteiger partial charge in [-0.25, -0.2) is 8.78 Å². The molecule has 0 fully saturated rings. The average molecular weight is 271 g/mol. The number of rotatable bonds is 8. The molecule has 0 saturated heterocycles. The number of hydrogen-bond acceptors (Lipinski definition) is 2. The summed E-state index contributed by atoms with van der Waals surface area (Å²) in [7, 11) is 1.72. The van der Waals surface area contributed by atoms with Gasteiger partial charge in [0, 0.05) is 12.2 Å². The van der Waals surface area contributed by atoms with Crippen LogP contribution >= 0.6 is 0 Å². The lowest BCUT2D eigenvalue weighted by Gasteiger charge is -2.19. The highest BCUT2D eigenvalue weighted by Gasteiger charge is 2.17. The van der Waals surface area contributed by atoms with Crippen LogP contribution in [0.15, 0.2) is 18.2 Å². The van der Waals surface area contributed by atoms with Gasteiger partial charge in [-0.3, -0.25) is 0 Å². The van der Waals surface area contributed by atoms with E-state index >= 15 is 0 Å². The Morgan fingerprint density at radius 1 is 1.26 bits per heavy atom. The van der Waals surface area contributed by atoms with Gasteiger partial charge in [0.1, 0.15) is 0 Å². The minimum atomic E-state index is -0.822. The maximum Gasteiger partial charge on any atom is 0.163 e. The monoisotopic (exact) mass is 271 g/mol. The maximum atomic E-state index is 13.7. The summed E-state index contributed by atoms with van der Waals surface area (Å²) in [6.07, 6.45) is 2.23. The molecule has 2 unspecified atom stereocenters. The van der Waals surface area contributed by atoms with E-state index in [2.05, 4.69) is 19.2 Å². The fourth-order valence-corrected chi connectivity index (χ4v) is 2.08. The molecule has 2 atom stereocenters. The van der Waals surface area contributed by atoms with E-state index in [1.165, 1.54) is 6.07 Å². The maximum absolute atomic E-state index is 13.7. The number of nitrogens with one attached hydrogen (secondary N) is 1. The zero-order chi connectivity index (χ0) is 14.3. The minimum Gasteiger partial charge on any atom is -0.379 e. The Kier molecular flexibility index (Phi) is 6.95. The molecule has 0 bridgehead atoms. The molecule has 108 valence electrons. The van der Waals surface area contributed by atoms with Gasteiger partial charge in [0.05, 0.1) is 12.6 Å². The van der Waals surface area contributed by atoms with Crippen molar-refractivity contribution in [3.8, 4) is 0 Å². The van der Waals surface area contributed by atoms with Crippen LogP contribution in [-0.2, 0) is 4.74 Å². The van der Waals surface area contributed by atoms with Gasteiger partial charge in [-0.15, -0.1) is 0 Å². The normalized spacial score (nSPS) is 14.4. The van der Waals surface area contributed by atoms with E-state index in [9.17, 15) is 8.78 Å². The molecule has 0 aromatic heterocycles. The molecule has 19 heavy (non-hydrogen) atoms. The Morgan fingerprint density at radius 3 is 2.63 bits per heavy atom. The van der Waals surface area contributed by atoms with Gasteiger partial charge < -0.3 is 10.1 Å². The smallest absolute Gasteiger partial charge is 0.163 e. The highest BCUT2D eigenvalue weighted by atomic mass is 19.2. The van der Waals surface area contributed by atoms with Crippen LogP contribution in [0.3, 0.4) is 0 Å². The van der Waals surface area contributed by atoms with Gasteiger partial charge in [-0.1, -0.05) is 32.4 Å². The second-order valence-electron chi connectivity index (χ2n) is 4.92. The molecule has 0 heterocycles. The second kappa shape index (κ2) is 8.23. The predicted molar refractivity (Wildman–Crippen MR) is 73.0 cm³/mol. The van der Waals surface area contributed by atoms with Crippen molar-refractivity contribution in [1.82, 2.24) is 5.32 Å². The molecule has 1 N–H and O–H groups in total. The molecule has 1 aromatic carbocycles. The molecule has 0 aliphatic heterocycles. The van der Waals surface area contributed by atoms with Crippen molar-refractivity contribution in [2.45, 2.75) is 32.7 Å². The van der Waals surface area contributed by atoms with Gasteiger partial charge in [0.2, 0.25) is 0 Å². The Morgan fingerprint density at radius 2 is 2.00 bits per heavy atom. The minimum absolute atomic E-state index is 0.311. The molecule has 0 aliphatic carbocycles. The summed E-state index contributed by atoms with van der Waals surface area (Å²) in [6.45, 7) is 5.24. The quantitative estimate of drug-likeness (QED) is 0.778. The van der Waals surface area contributed by atoms with Crippen molar-refractivity contribution in [3.05, 3.63) is 35.4 Å². The number of benzene rings is 1. The first kappa shape index (κ1) is 16.1. The van der Waals surface area contributed by atoms with Crippen LogP contribution in [0.2, 0.25) is 0 Å². The lowest BCUT2D eigenvalue weighted by atomic mass is 10.1. The summed E-state index contributed by atoms with van der Waals surface area (Å²) in [4.78, 5) is 0. The van der Waals surface area contributed by atoms with Crippen molar-refractivity contribution in [3.63, 3.8) is 0 Å². The SMILES string of the molecule is CCCC(C)COCC(NC)c1cccc(F)c1F. The van der Waals surface area contributed by atoms with Crippen LogP contribution in [0.1, 0.15) is 38.3 Å². The van der Waals surface area contributed by atoms with Gasteiger partial charge in [0.25, 0.3) is 0 Å². The van der Waals surface area contributed by atoms with Crippen LogP contribution in [0.25, 0.3) is 0 Å². The van der Waals surface area contributed by atoms with Crippen LogP contribution in [0.4, 0.5) is 8.78 Å². The first-order valence-corrected chi connectivity index (χ1v) is 6.79. The van der Waals surface area contributed by atoms with E-state index in [0.29, 0.717) is 24.7 Å². The second-order valence-corrected chi connectivity index (χ2v) is 4.92. The van der Waals surface area contributed by atoms with Gasteiger partial charge >= 0.3 is 0 Å². The lowest BCUT2D eigenvalue weighted by molar-refractivity contribution is 0.0840. The molecule has 0 spiro atoms. The summed E-state index contributed by atoms with van der Waals surface area (Å²) < 4.78 is 32.5. The molecule has 0 aliphatic rings. The predicted octanol–water partition coefficient (Wildman–Crippen LogP) is 3.68.